The number of carboxylic acids is 1. The highest BCUT2D eigenvalue weighted by molar-refractivity contribution is 6.01. The first-order valence-electron chi connectivity index (χ1n) is 14.1. The second-order valence-corrected chi connectivity index (χ2v) is 12.8. The minimum atomic E-state index is -2.24. The van der Waals surface area contributed by atoms with Gasteiger partial charge in [0.15, 0.2) is 17.1 Å². The maximum absolute atomic E-state index is 17.4. The van der Waals surface area contributed by atoms with Crippen LogP contribution in [0.3, 0.4) is 0 Å². The fourth-order valence-corrected chi connectivity index (χ4v) is 9.08. The predicted octanol–water partition coefficient (Wildman–Crippen LogP) is 4.75. The molecule has 9 atom stereocenters. The smallest absolute Gasteiger partial charge is 0.339 e. The third-order valence-electron chi connectivity index (χ3n) is 10.9. The van der Waals surface area contributed by atoms with Crippen LogP contribution in [-0.2, 0) is 27.4 Å². The van der Waals surface area contributed by atoms with Crippen molar-refractivity contribution in [2.45, 2.75) is 83.0 Å². The Kier molecular flexibility index (Phi) is 6.04. The number of rotatable bonds is 5. The molecule has 0 spiro atoms. The van der Waals surface area contributed by atoms with Crippen LogP contribution < -0.4 is 0 Å². The van der Waals surface area contributed by atoms with Gasteiger partial charge >= 0.3 is 5.97 Å². The van der Waals surface area contributed by atoms with E-state index in [1.165, 1.54) is 23.8 Å². The number of hydroxylamine groups is 2. The third kappa shape index (κ3) is 3.40. The molecule has 5 aliphatic rings. The highest BCUT2D eigenvalue weighted by atomic mass is 19.1. The van der Waals surface area contributed by atoms with E-state index in [2.05, 4.69) is 19.1 Å². The molecule has 2 N–H and O–H groups in total. The molecule has 0 unspecified atom stereocenters. The van der Waals surface area contributed by atoms with E-state index in [-0.39, 0.29) is 18.4 Å². The predicted molar refractivity (Wildman–Crippen MR) is 140 cm³/mol. The van der Waals surface area contributed by atoms with Crippen LogP contribution >= 0.6 is 0 Å². The molecule has 0 aromatic heterocycles. The summed E-state index contributed by atoms with van der Waals surface area (Å²) in [5.74, 6) is -3.39. The number of hydrogen-bond acceptors (Lipinski definition) is 5. The molecule has 210 valence electrons. The minimum Gasteiger partial charge on any atom is -0.479 e. The van der Waals surface area contributed by atoms with Crippen LogP contribution in [0.5, 0.6) is 0 Å². The summed E-state index contributed by atoms with van der Waals surface area (Å²) in [5, 5.41) is 23.9. The van der Waals surface area contributed by atoms with Crippen molar-refractivity contribution in [1.29, 1.82) is 0 Å². The summed E-state index contributed by atoms with van der Waals surface area (Å²) in [6.45, 7) is 6.23. The first kappa shape index (κ1) is 26.8. The number of carboxylic acid groups (broad SMARTS) is 1. The number of alkyl halides is 2. The van der Waals surface area contributed by atoms with E-state index in [1.54, 1.807) is 18.9 Å². The Morgan fingerprint density at radius 2 is 1.85 bits per heavy atom. The molecule has 1 aromatic carbocycles. The van der Waals surface area contributed by atoms with Gasteiger partial charge in [-0.05, 0) is 67.4 Å². The number of carbonyl (C=O) groups is 2. The van der Waals surface area contributed by atoms with E-state index in [0.717, 1.165) is 18.4 Å². The summed E-state index contributed by atoms with van der Waals surface area (Å²) in [7, 11) is 0. The van der Waals surface area contributed by atoms with Gasteiger partial charge in [-0.25, -0.2) is 13.6 Å². The molecule has 0 amide bonds. The highest BCUT2D eigenvalue weighted by Crippen LogP contribution is 2.72. The number of aliphatic hydroxyl groups is 1. The Bertz CT molecular complexity index is 1260. The van der Waals surface area contributed by atoms with E-state index < -0.39 is 63.9 Å². The van der Waals surface area contributed by atoms with Crippen LogP contribution in [0, 0.1) is 28.6 Å². The Morgan fingerprint density at radius 3 is 2.51 bits per heavy atom. The van der Waals surface area contributed by atoms with Crippen LogP contribution in [0.15, 0.2) is 48.1 Å². The number of carbonyl (C=O) groups excluding carboxylic acids is 1. The standard InChI is InChI=1S/C31H37F2NO5/c1-4-5-18-6-8-19(9-7-18)16-34-17-20-12-22-23-14-25(32)24-13-21(35)10-11-28(24,2)30(23,33)26(36)15-29(22,3)31(20,39-34)27(37)38/h6-11,13,20,22-23,25-26,36H,4-5,12,14-17H2,1-3H3,(H,37,38)/t20-,22-,23-,25-,26-,28-,29-,30-,31-/m0/s1. The van der Waals surface area contributed by atoms with Crippen molar-refractivity contribution in [3.05, 3.63) is 59.2 Å². The monoisotopic (exact) mass is 541 g/mol. The van der Waals surface area contributed by atoms with Crippen molar-refractivity contribution < 1.29 is 33.4 Å². The van der Waals surface area contributed by atoms with Crippen molar-refractivity contribution in [3.63, 3.8) is 0 Å². The van der Waals surface area contributed by atoms with Crippen molar-refractivity contribution >= 4 is 11.8 Å². The SMILES string of the molecule is CCCc1ccc(CN2C[C@@H]3C[C@H]4[C@@H]5C[C@H](F)C6=CC(=O)C=C[C@]6(C)[C@@]5(F)[C@@H](O)C[C@]4(C)[C@]3(C(=O)O)O2)cc1. The lowest BCUT2D eigenvalue weighted by Gasteiger charge is -2.63. The van der Waals surface area contributed by atoms with Gasteiger partial charge in [-0.3, -0.25) is 9.63 Å². The first-order valence-corrected chi connectivity index (χ1v) is 14.1. The normalized spacial score (nSPS) is 44.8. The quantitative estimate of drug-likeness (QED) is 0.559. The summed E-state index contributed by atoms with van der Waals surface area (Å²) >= 11 is 0. The third-order valence-corrected chi connectivity index (χ3v) is 10.9. The van der Waals surface area contributed by atoms with Gasteiger partial charge in [-0.1, -0.05) is 50.6 Å². The van der Waals surface area contributed by atoms with Crippen LogP contribution in [0.1, 0.15) is 57.6 Å². The molecule has 0 bridgehead atoms. The molecule has 39 heavy (non-hydrogen) atoms. The average Bonchev–Trinajstić information content (AvgIpc) is 3.36. The van der Waals surface area contributed by atoms with E-state index >= 15 is 8.78 Å². The number of aliphatic carboxylic acids is 1. The number of halogens is 2. The topological polar surface area (TPSA) is 87.1 Å². The molecule has 4 aliphatic carbocycles. The maximum atomic E-state index is 17.4. The summed E-state index contributed by atoms with van der Waals surface area (Å²) < 4.78 is 33.0. The fraction of sp³-hybridized carbons (Fsp3) is 0.613. The lowest BCUT2D eigenvalue weighted by atomic mass is 9.44. The molecule has 3 saturated carbocycles. The van der Waals surface area contributed by atoms with Crippen molar-refractivity contribution in [2.24, 2.45) is 28.6 Å². The van der Waals surface area contributed by atoms with E-state index in [0.29, 0.717) is 19.5 Å². The first-order chi connectivity index (χ1) is 18.4. The number of ketones is 1. The van der Waals surface area contributed by atoms with Gasteiger partial charge in [0, 0.05) is 35.8 Å². The molecule has 1 aromatic rings. The largest absolute Gasteiger partial charge is 0.479 e. The molecule has 6 nitrogen and oxygen atoms in total. The molecule has 1 saturated heterocycles. The number of allylic oxidation sites excluding steroid dienone is 4. The van der Waals surface area contributed by atoms with Crippen LogP contribution in [0.25, 0.3) is 0 Å². The molecular weight excluding hydrogens is 504 g/mol. The lowest BCUT2D eigenvalue weighted by molar-refractivity contribution is -0.275. The van der Waals surface area contributed by atoms with Gasteiger partial charge in [0.2, 0.25) is 0 Å². The van der Waals surface area contributed by atoms with Crippen molar-refractivity contribution in [3.8, 4) is 0 Å². The summed E-state index contributed by atoms with van der Waals surface area (Å²) in [6.07, 6.45) is 2.79. The van der Waals surface area contributed by atoms with Gasteiger partial charge in [0.05, 0.1) is 6.10 Å². The number of aliphatic hydroxyl groups excluding tert-OH is 1. The van der Waals surface area contributed by atoms with Crippen LogP contribution in [0.2, 0.25) is 0 Å². The Balaban J connectivity index is 1.33. The van der Waals surface area contributed by atoms with Gasteiger partial charge in [0.1, 0.15) is 6.17 Å². The summed E-state index contributed by atoms with van der Waals surface area (Å²) in [5.41, 5.74) is -4.18. The zero-order valence-corrected chi connectivity index (χ0v) is 22.7. The maximum Gasteiger partial charge on any atom is 0.339 e. The van der Waals surface area contributed by atoms with E-state index in [1.807, 2.05) is 12.1 Å². The van der Waals surface area contributed by atoms with Crippen LogP contribution in [0.4, 0.5) is 8.78 Å². The molecule has 0 radical (unpaired) electrons. The molecule has 1 aliphatic heterocycles. The molecule has 4 fully saturated rings. The van der Waals surface area contributed by atoms with Gasteiger partial charge in [-0.15, -0.1) is 0 Å². The number of hydrogen-bond donors (Lipinski definition) is 2. The molecule has 8 heteroatoms. The lowest BCUT2D eigenvalue weighted by Crippen LogP contribution is -2.70. The van der Waals surface area contributed by atoms with Crippen LogP contribution in [-0.4, -0.2) is 57.1 Å². The zero-order valence-electron chi connectivity index (χ0n) is 22.7. The van der Waals surface area contributed by atoms with Crippen molar-refractivity contribution in [1.82, 2.24) is 5.06 Å². The summed E-state index contributed by atoms with van der Waals surface area (Å²) in [4.78, 5) is 31.5. The Labute approximate surface area is 227 Å². The molecule has 6 rings (SSSR count). The number of benzene rings is 1. The van der Waals surface area contributed by atoms with E-state index in [4.69, 9.17) is 4.84 Å². The highest BCUT2D eigenvalue weighted by Gasteiger charge is 2.80. The minimum absolute atomic E-state index is 0.0647. The van der Waals surface area contributed by atoms with Gasteiger partial charge in [-0.2, -0.15) is 5.06 Å². The fourth-order valence-electron chi connectivity index (χ4n) is 9.08. The number of aryl methyl sites for hydroxylation is 1. The van der Waals surface area contributed by atoms with Gasteiger partial charge < -0.3 is 10.2 Å². The average molecular weight is 542 g/mol. The van der Waals surface area contributed by atoms with Gasteiger partial charge in [0.25, 0.3) is 0 Å². The second-order valence-electron chi connectivity index (χ2n) is 12.8. The number of nitrogens with zero attached hydrogens (tertiary/aromatic N) is 1. The molecule has 1 heterocycles. The number of fused-ring (bicyclic) bond motifs is 7. The van der Waals surface area contributed by atoms with E-state index in [9.17, 15) is 19.8 Å². The van der Waals surface area contributed by atoms with Crippen molar-refractivity contribution in [2.75, 3.05) is 6.54 Å². The Hall–Kier alpha value is -2.42. The molecular formula is C31H37F2NO5. The summed E-state index contributed by atoms with van der Waals surface area (Å²) in [6, 6.07) is 8.20. The zero-order chi connectivity index (χ0) is 28.0. The second kappa shape index (κ2) is 8.79. The Morgan fingerprint density at radius 1 is 1.15 bits per heavy atom.